The fourth-order valence-electron chi connectivity index (χ4n) is 4.50. The molecule has 1 saturated carbocycles. The van der Waals surface area contributed by atoms with Crippen molar-refractivity contribution in [3.05, 3.63) is 23.0 Å². The Morgan fingerprint density at radius 2 is 1.92 bits per heavy atom. The van der Waals surface area contributed by atoms with Gasteiger partial charge in [-0.2, -0.15) is 5.10 Å². The van der Waals surface area contributed by atoms with Gasteiger partial charge in [-0.15, -0.1) is 0 Å². The Kier molecular flexibility index (Phi) is 5.82. The highest BCUT2D eigenvalue weighted by Gasteiger charge is 2.38. The molecule has 2 aliphatic rings. The molecule has 0 radical (unpaired) electrons. The molecule has 1 amide bonds. The molecule has 3 atom stereocenters. The van der Waals surface area contributed by atoms with E-state index in [1.807, 2.05) is 38.7 Å². The zero-order chi connectivity index (χ0) is 18.8. The summed E-state index contributed by atoms with van der Waals surface area (Å²) in [5.41, 5.74) is 2.96. The van der Waals surface area contributed by atoms with Crippen molar-refractivity contribution in [3.63, 3.8) is 0 Å². The first kappa shape index (κ1) is 19.1. The number of carbonyl (C=O) groups is 1. The number of amides is 1. The van der Waals surface area contributed by atoms with Crippen LogP contribution in [0.15, 0.2) is 6.08 Å². The summed E-state index contributed by atoms with van der Waals surface area (Å²) >= 11 is 0. The monoisotopic (exact) mass is 360 g/mol. The quantitative estimate of drug-likeness (QED) is 0.833. The van der Waals surface area contributed by atoms with E-state index in [0.29, 0.717) is 0 Å². The molecule has 0 unspecified atom stereocenters. The lowest BCUT2D eigenvalue weighted by atomic mass is 9.86. The summed E-state index contributed by atoms with van der Waals surface area (Å²) < 4.78 is 1.83. The zero-order valence-electron chi connectivity index (χ0n) is 16.5. The Morgan fingerprint density at radius 1 is 1.23 bits per heavy atom. The summed E-state index contributed by atoms with van der Waals surface area (Å²) in [6, 6.07) is 0.0842. The van der Waals surface area contributed by atoms with Gasteiger partial charge in [-0.05, 0) is 65.1 Å². The van der Waals surface area contributed by atoms with E-state index in [2.05, 4.69) is 10.00 Å². The Hall–Kier alpha value is -1.66. The number of carbonyl (C=O) groups excluding carboxylic acids is 1. The topological polar surface area (TPSA) is 61.6 Å². The van der Waals surface area contributed by atoms with Gasteiger partial charge in [0.25, 0.3) is 0 Å². The Balaban J connectivity index is 1.68. The molecule has 1 aromatic heterocycles. The molecule has 6 heteroatoms. The molecule has 1 saturated heterocycles. The molecule has 2 fully saturated rings. The van der Waals surface area contributed by atoms with Crippen molar-refractivity contribution in [2.24, 2.45) is 7.05 Å². The number of hydrogen-bond donors (Lipinski definition) is 1. The van der Waals surface area contributed by atoms with Crippen molar-refractivity contribution in [1.82, 2.24) is 19.6 Å². The van der Waals surface area contributed by atoms with E-state index in [1.54, 1.807) is 11.0 Å². The predicted octanol–water partition coefficient (Wildman–Crippen LogP) is 1.89. The third-order valence-corrected chi connectivity index (χ3v) is 6.20. The van der Waals surface area contributed by atoms with Crippen molar-refractivity contribution in [2.45, 2.75) is 64.1 Å². The maximum absolute atomic E-state index is 12.7. The van der Waals surface area contributed by atoms with Crippen LogP contribution >= 0.6 is 0 Å². The second kappa shape index (κ2) is 7.92. The number of likely N-dealkylation sites (N-methyl/N-ethyl adjacent to an activating group) is 1. The lowest BCUT2D eigenvalue weighted by molar-refractivity contribution is -0.131. The Labute approximate surface area is 156 Å². The van der Waals surface area contributed by atoms with Crippen LogP contribution in [-0.4, -0.2) is 68.9 Å². The summed E-state index contributed by atoms with van der Waals surface area (Å²) in [5.74, 6) is -0.0567. The van der Waals surface area contributed by atoms with Gasteiger partial charge < -0.3 is 10.0 Å². The van der Waals surface area contributed by atoms with Crippen LogP contribution < -0.4 is 0 Å². The summed E-state index contributed by atoms with van der Waals surface area (Å²) in [6.45, 7) is 6.10. The van der Waals surface area contributed by atoms with Crippen LogP contribution in [0.2, 0.25) is 0 Å². The molecule has 1 aromatic rings. The lowest BCUT2D eigenvalue weighted by Crippen LogP contribution is -2.56. The second-order valence-corrected chi connectivity index (χ2v) is 7.79. The third kappa shape index (κ3) is 3.71. The number of hydrogen-bond acceptors (Lipinski definition) is 4. The van der Waals surface area contributed by atoms with Gasteiger partial charge in [0.2, 0.25) is 5.91 Å². The number of likely N-dealkylation sites (tertiary alicyclic amines) is 1. The lowest BCUT2D eigenvalue weighted by Gasteiger charge is -2.43. The maximum atomic E-state index is 12.7. The number of rotatable bonds is 4. The van der Waals surface area contributed by atoms with Gasteiger partial charge in [-0.1, -0.05) is 0 Å². The SMILES string of the molecule is Cc1nn(C)c(C)c1/C=C/C(=O)N(C)[C@@H]1CCC[C@@H](N2CCCC2)[C@@H]1O. The predicted molar refractivity (Wildman–Crippen MR) is 103 cm³/mol. The van der Waals surface area contributed by atoms with E-state index in [1.165, 1.54) is 12.8 Å². The zero-order valence-corrected chi connectivity index (χ0v) is 16.5. The van der Waals surface area contributed by atoms with E-state index in [4.69, 9.17) is 0 Å². The fourth-order valence-corrected chi connectivity index (χ4v) is 4.50. The molecular formula is C20H32N4O2. The van der Waals surface area contributed by atoms with Crippen LogP contribution in [0, 0.1) is 13.8 Å². The minimum absolute atomic E-state index is 0.0567. The third-order valence-electron chi connectivity index (χ3n) is 6.20. The van der Waals surface area contributed by atoms with E-state index < -0.39 is 6.10 Å². The minimum Gasteiger partial charge on any atom is -0.389 e. The van der Waals surface area contributed by atoms with E-state index >= 15 is 0 Å². The van der Waals surface area contributed by atoms with Crippen LogP contribution in [-0.2, 0) is 11.8 Å². The van der Waals surface area contributed by atoms with Crippen molar-refractivity contribution >= 4 is 12.0 Å². The largest absolute Gasteiger partial charge is 0.389 e. The smallest absolute Gasteiger partial charge is 0.246 e. The second-order valence-electron chi connectivity index (χ2n) is 7.79. The van der Waals surface area contributed by atoms with Crippen molar-refractivity contribution in [2.75, 3.05) is 20.1 Å². The van der Waals surface area contributed by atoms with Crippen LogP contribution in [0.1, 0.15) is 49.1 Å². The molecule has 144 valence electrons. The molecular weight excluding hydrogens is 328 g/mol. The molecule has 2 heterocycles. The number of aliphatic hydroxyl groups is 1. The van der Waals surface area contributed by atoms with E-state index in [9.17, 15) is 9.90 Å². The van der Waals surface area contributed by atoms with Crippen molar-refractivity contribution in [1.29, 1.82) is 0 Å². The number of aliphatic hydroxyl groups excluding tert-OH is 1. The van der Waals surface area contributed by atoms with Crippen molar-refractivity contribution < 1.29 is 9.90 Å². The highest BCUT2D eigenvalue weighted by atomic mass is 16.3. The molecule has 1 aliphatic carbocycles. The average Bonchev–Trinajstić information content (AvgIpc) is 3.22. The van der Waals surface area contributed by atoms with Gasteiger partial charge in [0.15, 0.2) is 0 Å². The van der Waals surface area contributed by atoms with E-state index in [0.717, 1.165) is 49.3 Å². The summed E-state index contributed by atoms with van der Waals surface area (Å²) in [6.07, 6.45) is 8.39. The van der Waals surface area contributed by atoms with Gasteiger partial charge >= 0.3 is 0 Å². The van der Waals surface area contributed by atoms with E-state index in [-0.39, 0.29) is 18.0 Å². The standard InChI is InChI=1S/C20H32N4O2/c1-14-16(15(2)23(4)21-14)10-11-19(25)22(3)17-8-7-9-18(20(17)26)24-12-5-6-13-24/h10-11,17-18,20,26H,5-9,12-13H2,1-4H3/b11-10+/t17-,18-,20-/m1/s1. The fraction of sp³-hybridized carbons (Fsp3) is 0.700. The molecule has 1 aliphatic heterocycles. The van der Waals surface area contributed by atoms with Gasteiger partial charge in [0, 0.05) is 37.5 Å². The maximum Gasteiger partial charge on any atom is 0.246 e. The number of nitrogens with zero attached hydrogens (tertiary/aromatic N) is 4. The molecule has 1 N–H and O–H groups in total. The van der Waals surface area contributed by atoms with Crippen molar-refractivity contribution in [3.8, 4) is 0 Å². The first-order valence-electron chi connectivity index (χ1n) is 9.77. The molecule has 3 rings (SSSR count). The molecule has 0 bridgehead atoms. The summed E-state index contributed by atoms with van der Waals surface area (Å²) in [4.78, 5) is 16.8. The molecule has 0 spiro atoms. The average molecular weight is 361 g/mol. The van der Waals surface area contributed by atoms with Gasteiger partial charge in [0.05, 0.1) is 17.8 Å². The van der Waals surface area contributed by atoms with Gasteiger partial charge in [-0.25, -0.2) is 0 Å². The first-order chi connectivity index (χ1) is 12.4. The number of aromatic nitrogens is 2. The van der Waals surface area contributed by atoms with Crippen LogP contribution in [0.25, 0.3) is 6.08 Å². The Bertz CT molecular complexity index is 676. The Morgan fingerprint density at radius 3 is 2.54 bits per heavy atom. The van der Waals surface area contributed by atoms with Crippen LogP contribution in [0.5, 0.6) is 0 Å². The molecule has 26 heavy (non-hydrogen) atoms. The normalized spacial score (nSPS) is 27.3. The first-order valence-corrected chi connectivity index (χ1v) is 9.77. The van der Waals surface area contributed by atoms with Crippen LogP contribution in [0.4, 0.5) is 0 Å². The highest BCUT2D eigenvalue weighted by molar-refractivity contribution is 5.92. The highest BCUT2D eigenvalue weighted by Crippen LogP contribution is 2.29. The number of aryl methyl sites for hydroxylation is 2. The van der Waals surface area contributed by atoms with Crippen LogP contribution in [0.3, 0.4) is 0 Å². The van der Waals surface area contributed by atoms with Gasteiger partial charge in [-0.3, -0.25) is 14.4 Å². The molecule has 0 aromatic carbocycles. The summed E-state index contributed by atoms with van der Waals surface area (Å²) in [5, 5.41) is 15.3. The minimum atomic E-state index is -0.467. The summed E-state index contributed by atoms with van der Waals surface area (Å²) in [7, 11) is 3.72. The van der Waals surface area contributed by atoms with Gasteiger partial charge in [0.1, 0.15) is 0 Å². The molecule has 6 nitrogen and oxygen atoms in total.